The summed E-state index contributed by atoms with van der Waals surface area (Å²) in [5.41, 5.74) is 2.28. The maximum Gasteiger partial charge on any atom is 0.120 e. The molecule has 0 heterocycles. The quantitative estimate of drug-likeness (QED) is 0.690. The van der Waals surface area contributed by atoms with E-state index in [1.165, 1.54) is 0 Å². The van der Waals surface area contributed by atoms with Crippen LogP contribution in [0.4, 0.5) is 5.69 Å². The second-order valence-corrected chi connectivity index (χ2v) is 3.59. The molecule has 0 radical (unpaired) electrons. The molecular formula is C12H17NO2. The molecule has 0 aliphatic rings. The number of rotatable bonds is 5. The predicted octanol–water partition coefficient (Wildman–Crippen LogP) is 1.89. The van der Waals surface area contributed by atoms with Crippen molar-refractivity contribution in [3.8, 4) is 5.75 Å². The number of aryl methyl sites for hydroxylation is 1. The zero-order valence-electron chi connectivity index (χ0n) is 9.49. The zero-order chi connectivity index (χ0) is 11.3. The molecular weight excluding hydrogens is 190 g/mol. The van der Waals surface area contributed by atoms with Crippen molar-refractivity contribution in [2.45, 2.75) is 12.8 Å². The van der Waals surface area contributed by atoms with E-state index >= 15 is 0 Å². The highest BCUT2D eigenvalue weighted by atomic mass is 16.5. The second kappa shape index (κ2) is 5.39. The number of nitrogens with zero attached hydrogens (tertiary/aromatic N) is 1. The molecule has 0 saturated heterocycles. The molecule has 3 heteroatoms. The highest BCUT2D eigenvalue weighted by Gasteiger charge is 2.05. The summed E-state index contributed by atoms with van der Waals surface area (Å²) >= 11 is 0. The van der Waals surface area contributed by atoms with Gasteiger partial charge in [-0.05, 0) is 30.2 Å². The maximum absolute atomic E-state index is 10.4. The third-order valence-corrected chi connectivity index (χ3v) is 2.30. The standard InChI is InChI=1S/C12H17NO2/c1-13(2)12-7-6-11(15-3)9-10(12)5-4-8-14/h6-9H,4-5H2,1-3H3. The van der Waals surface area contributed by atoms with Crippen molar-refractivity contribution in [2.75, 3.05) is 26.1 Å². The Balaban J connectivity index is 2.99. The molecule has 1 aromatic rings. The zero-order valence-corrected chi connectivity index (χ0v) is 9.49. The van der Waals surface area contributed by atoms with E-state index in [4.69, 9.17) is 4.74 Å². The van der Waals surface area contributed by atoms with Crippen LogP contribution >= 0.6 is 0 Å². The molecule has 0 unspecified atom stereocenters. The lowest BCUT2D eigenvalue weighted by Crippen LogP contribution is -2.11. The first-order valence-electron chi connectivity index (χ1n) is 4.97. The molecule has 1 rings (SSSR count). The average Bonchev–Trinajstić information content (AvgIpc) is 2.25. The summed E-state index contributed by atoms with van der Waals surface area (Å²) < 4.78 is 5.16. The Morgan fingerprint density at radius 3 is 2.67 bits per heavy atom. The van der Waals surface area contributed by atoms with Gasteiger partial charge in [0.05, 0.1) is 7.11 Å². The molecule has 0 bridgehead atoms. The van der Waals surface area contributed by atoms with Gasteiger partial charge in [-0.25, -0.2) is 0 Å². The van der Waals surface area contributed by atoms with Gasteiger partial charge in [0.2, 0.25) is 0 Å². The van der Waals surface area contributed by atoms with Crippen LogP contribution in [0.2, 0.25) is 0 Å². The number of anilines is 1. The number of carbonyl (C=O) groups excluding carboxylic acids is 1. The molecule has 0 aromatic heterocycles. The van der Waals surface area contributed by atoms with E-state index in [0.717, 1.165) is 29.7 Å². The van der Waals surface area contributed by atoms with Crippen molar-refractivity contribution in [3.63, 3.8) is 0 Å². The van der Waals surface area contributed by atoms with Crippen LogP contribution in [-0.2, 0) is 11.2 Å². The number of hydrogen-bond donors (Lipinski definition) is 0. The minimum atomic E-state index is 0.550. The SMILES string of the molecule is COc1ccc(N(C)C)c(CCC=O)c1. The van der Waals surface area contributed by atoms with Crippen LogP contribution in [-0.4, -0.2) is 27.5 Å². The third kappa shape index (κ3) is 2.98. The van der Waals surface area contributed by atoms with Gasteiger partial charge in [-0.1, -0.05) is 0 Å². The van der Waals surface area contributed by atoms with Crippen LogP contribution in [0.15, 0.2) is 18.2 Å². The number of ether oxygens (including phenoxy) is 1. The van der Waals surface area contributed by atoms with Gasteiger partial charge in [0.15, 0.2) is 0 Å². The summed E-state index contributed by atoms with van der Waals surface area (Å²) in [5, 5.41) is 0. The van der Waals surface area contributed by atoms with Gasteiger partial charge in [0, 0.05) is 26.2 Å². The van der Waals surface area contributed by atoms with E-state index in [-0.39, 0.29) is 0 Å². The average molecular weight is 207 g/mol. The van der Waals surface area contributed by atoms with Gasteiger partial charge < -0.3 is 14.4 Å². The van der Waals surface area contributed by atoms with Crippen molar-refractivity contribution in [2.24, 2.45) is 0 Å². The molecule has 0 aliphatic heterocycles. The lowest BCUT2D eigenvalue weighted by atomic mass is 10.1. The number of aldehydes is 1. The summed E-state index contributed by atoms with van der Waals surface area (Å²) in [6.07, 6.45) is 2.25. The number of benzene rings is 1. The second-order valence-electron chi connectivity index (χ2n) is 3.59. The Bertz CT molecular complexity index is 334. The molecule has 82 valence electrons. The molecule has 15 heavy (non-hydrogen) atoms. The van der Waals surface area contributed by atoms with Gasteiger partial charge in [-0.3, -0.25) is 0 Å². The highest BCUT2D eigenvalue weighted by molar-refractivity contribution is 5.58. The molecule has 0 saturated carbocycles. The van der Waals surface area contributed by atoms with Gasteiger partial charge in [-0.15, -0.1) is 0 Å². The fraction of sp³-hybridized carbons (Fsp3) is 0.417. The minimum absolute atomic E-state index is 0.550. The summed E-state index contributed by atoms with van der Waals surface area (Å²) in [6, 6.07) is 5.93. The largest absolute Gasteiger partial charge is 0.497 e. The van der Waals surface area contributed by atoms with Gasteiger partial charge in [-0.2, -0.15) is 0 Å². The minimum Gasteiger partial charge on any atom is -0.497 e. The number of methoxy groups -OCH3 is 1. The highest BCUT2D eigenvalue weighted by Crippen LogP contribution is 2.24. The Morgan fingerprint density at radius 2 is 2.13 bits per heavy atom. The van der Waals surface area contributed by atoms with Crippen molar-refractivity contribution in [3.05, 3.63) is 23.8 Å². The van der Waals surface area contributed by atoms with Crippen LogP contribution in [0.3, 0.4) is 0 Å². The fourth-order valence-electron chi connectivity index (χ4n) is 1.54. The molecule has 0 spiro atoms. The molecule has 0 aliphatic carbocycles. The van der Waals surface area contributed by atoms with Gasteiger partial charge in [0.1, 0.15) is 12.0 Å². The van der Waals surface area contributed by atoms with Crippen LogP contribution in [0, 0.1) is 0 Å². The lowest BCUT2D eigenvalue weighted by molar-refractivity contribution is -0.107. The lowest BCUT2D eigenvalue weighted by Gasteiger charge is -2.17. The Kier molecular flexibility index (Phi) is 4.16. The Labute approximate surface area is 90.7 Å². The van der Waals surface area contributed by atoms with Crippen LogP contribution in [0.5, 0.6) is 5.75 Å². The smallest absolute Gasteiger partial charge is 0.120 e. The van der Waals surface area contributed by atoms with E-state index in [9.17, 15) is 4.79 Å². The van der Waals surface area contributed by atoms with Crippen molar-refractivity contribution in [1.29, 1.82) is 0 Å². The van der Waals surface area contributed by atoms with Gasteiger partial charge in [0.25, 0.3) is 0 Å². The maximum atomic E-state index is 10.4. The van der Waals surface area contributed by atoms with Crippen molar-refractivity contribution >= 4 is 12.0 Å². The topological polar surface area (TPSA) is 29.5 Å². The summed E-state index contributed by atoms with van der Waals surface area (Å²) in [4.78, 5) is 12.4. The molecule has 0 atom stereocenters. The van der Waals surface area contributed by atoms with E-state index in [2.05, 4.69) is 0 Å². The Hall–Kier alpha value is -1.51. The Morgan fingerprint density at radius 1 is 1.40 bits per heavy atom. The number of hydrogen-bond acceptors (Lipinski definition) is 3. The van der Waals surface area contributed by atoms with E-state index < -0.39 is 0 Å². The van der Waals surface area contributed by atoms with Crippen molar-refractivity contribution < 1.29 is 9.53 Å². The third-order valence-electron chi connectivity index (χ3n) is 2.30. The molecule has 1 aromatic carbocycles. The van der Waals surface area contributed by atoms with E-state index in [1.54, 1.807) is 7.11 Å². The summed E-state index contributed by atoms with van der Waals surface area (Å²) in [5.74, 6) is 0.835. The number of carbonyl (C=O) groups is 1. The van der Waals surface area contributed by atoms with Crippen LogP contribution in [0.25, 0.3) is 0 Å². The molecule has 0 N–H and O–H groups in total. The van der Waals surface area contributed by atoms with Crippen LogP contribution < -0.4 is 9.64 Å². The first kappa shape index (κ1) is 11.6. The monoisotopic (exact) mass is 207 g/mol. The molecule has 0 amide bonds. The summed E-state index contributed by atoms with van der Waals surface area (Å²) in [7, 11) is 5.63. The first-order chi connectivity index (χ1) is 7.19. The van der Waals surface area contributed by atoms with E-state index in [1.807, 2.05) is 37.2 Å². The van der Waals surface area contributed by atoms with Crippen LogP contribution in [0.1, 0.15) is 12.0 Å². The van der Waals surface area contributed by atoms with Crippen molar-refractivity contribution in [1.82, 2.24) is 0 Å². The normalized spacial score (nSPS) is 9.80. The first-order valence-corrected chi connectivity index (χ1v) is 4.97. The molecule has 0 fully saturated rings. The predicted molar refractivity (Wildman–Crippen MR) is 61.7 cm³/mol. The van der Waals surface area contributed by atoms with Gasteiger partial charge >= 0.3 is 0 Å². The fourth-order valence-corrected chi connectivity index (χ4v) is 1.54. The molecule has 3 nitrogen and oxygen atoms in total. The summed E-state index contributed by atoms with van der Waals surface area (Å²) in [6.45, 7) is 0. The van der Waals surface area contributed by atoms with E-state index in [0.29, 0.717) is 6.42 Å².